The minimum Gasteiger partial charge on any atom is -0.490 e. The predicted molar refractivity (Wildman–Crippen MR) is 66.2 cm³/mol. The van der Waals surface area contributed by atoms with E-state index in [1.165, 1.54) is 36.9 Å². The Balaban J connectivity index is 1.76. The lowest BCUT2D eigenvalue weighted by atomic mass is 10.0. The highest BCUT2D eigenvalue weighted by atomic mass is 16.5. The fourth-order valence-electron chi connectivity index (χ4n) is 2.76. The standard InChI is InChI=1S/C14H19NO/c1-10-9-15-14-8-12(6-7-13(10)14)16-11-4-2-3-5-11/h6-8,10-11,15H,2-5,9H2,1H3. The molecule has 1 heterocycles. The summed E-state index contributed by atoms with van der Waals surface area (Å²) < 4.78 is 6.00. The number of ether oxygens (including phenoxy) is 1. The van der Waals surface area contributed by atoms with Crippen molar-refractivity contribution in [2.45, 2.75) is 44.6 Å². The number of hydrogen-bond donors (Lipinski definition) is 1. The molecule has 0 saturated heterocycles. The molecule has 1 aromatic carbocycles. The number of benzene rings is 1. The molecule has 1 aliphatic heterocycles. The molecule has 2 aliphatic rings. The highest BCUT2D eigenvalue weighted by Crippen LogP contribution is 2.35. The number of nitrogens with one attached hydrogen (secondary N) is 1. The predicted octanol–water partition coefficient (Wildman–Crippen LogP) is 3.54. The van der Waals surface area contributed by atoms with Crippen LogP contribution in [-0.2, 0) is 0 Å². The Morgan fingerprint density at radius 1 is 1.25 bits per heavy atom. The molecule has 1 aromatic rings. The highest BCUT2D eigenvalue weighted by molar-refractivity contribution is 5.60. The molecule has 1 N–H and O–H groups in total. The van der Waals surface area contributed by atoms with E-state index in [1.807, 2.05) is 0 Å². The quantitative estimate of drug-likeness (QED) is 0.818. The van der Waals surface area contributed by atoms with Crippen LogP contribution in [0.5, 0.6) is 5.75 Å². The van der Waals surface area contributed by atoms with E-state index in [-0.39, 0.29) is 0 Å². The zero-order chi connectivity index (χ0) is 11.0. The largest absolute Gasteiger partial charge is 0.490 e. The van der Waals surface area contributed by atoms with Crippen molar-refractivity contribution in [1.29, 1.82) is 0 Å². The molecule has 16 heavy (non-hydrogen) atoms. The van der Waals surface area contributed by atoms with Crippen molar-refractivity contribution in [2.24, 2.45) is 0 Å². The first-order valence-electron chi connectivity index (χ1n) is 6.37. The molecule has 1 atom stereocenters. The second-order valence-electron chi connectivity index (χ2n) is 5.06. The third kappa shape index (κ3) is 1.77. The van der Waals surface area contributed by atoms with E-state index in [0.29, 0.717) is 12.0 Å². The summed E-state index contributed by atoms with van der Waals surface area (Å²) in [7, 11) is 0. The smallest absolute Gasteiger partial charge is 0.121 e. The summed E-state index contributed by atoms with van der Waals surface area (Å²) in [4.78, 5) is 0. The van der Waals surface area contributed by atoms with Gasteiger partial charge in [-0.25, -0.2) is 0 Å². The van der Waals surface area contributed by atoms with Gasteiger partial charge in [-0.05, 0) is 37.3 Å². The van der Waals surface area contributed by atoms with E-state index in [9.17, 15) is 0 Å². The molecular formula is C14H19NO. The van der Waals surface area contributed by atoms with Crippen molar-refractivity contribution in [3.05, 3.63) is 23.8 Å². The molecule has 1 fully saturated rings. The van der Waals surface area contributed by atoms with Gasteiger partial charge in [-0.15, -0.1) is 0 Å². The number of rotatable bonds is 2. The fraction of sp³-hybridized carbons (Fsp3) is 0.571. The maximum absolute atomic E-state index is 6.00. The van der Waals surface area contributed by atoms with Gasteiger partial charge in [-0.1, -0.05) is 13.0 Å². The molecule has 1 unspecified atom stereocenters. The van der Waals surface area contributed by atoms with Crippen molar-refractivity contribution in [3.8, 4) is 5.75 Å². The van der Waals surface area contributed by atoms with E-state index in [0.717, 1.165) is 12.3 Å². The lowest BCUT2D eigenvalue weighted by Gasteiger charge is -2.14. The van der Waals surface area contributed by atoms with Gasteiger partial charge in [0.05, 0.1) is 6.10 Å². The summed E-state index contributed by atoms with van der Waals surface area (Å²) in [5, 5.41) is 3.44. The van der Waals surface area contributed by atoms with Gasteiger partial charge in [0, 0.05) is 24.2 Å². The second-order valence-corrected chi connectivity index (χ2v) is 5.06. The van der Waals surface area contributed by atoms with Crippen molar-refractivity contribution < 1.29 is 4.74 Å². The average molecular weight is 217 g/mol. The molecule has 0 amide bonds. The van der Waals surface area contributed by atoms with Crippen LogP contribution in [-0.4, -0.2) is 12.6 Å². The van der Waals surface area contributed by atoms with Crippen molar-refractivity contribution >= 4 is 5.69 Å². The van der Waals surface area contributed by atoms with E-state index < -0.39 is 0 Å². The Kier molecular flexibility index (Phi) is 2.50. The number of hydrogen-bond acceptors (Lipinski definition) is 2. The topological polar surface area (TPSA) is 21.3 Å². The Morgan fingerprint density at radius 2 is 2.06 bits per heavy atom. The highest BCUT2D eigenvalue weighted by Gasteiger charge is 2.20. The first kappa shape index (κ1) is 10.0. The molecule has 1 aliphatic carbocycles. The van der Waals surface area contributed by atoms with Gasteiger partial charge in [0.2, 0.25) is 0 Å². The summed E-state index contributed by atoms with van der Waals surface area (Å²) in [6.07, 6.45) is 5.55. The first-order chi connectivity index (χ1) is 7.83. The summed E-state index contributed by atoms with van der Waals surface area (Å²) in [6.45, 7) is 3.32. The van der Waals surface area contributed by atoms with Crippen LogP contribution in [0.15, 0.2) is 18.2 Å². The second kappa shape index (κ2) is 4.00. The lowest BCUT2D eigenvalue weighted by Crippen LogP contribution is -2.10. The molecule has 3 rings (SSSR count). The molecular weight excluding hydrogens is 198 g/mol. The maximum Gasteiger partial charge on any atom is 0.121 e. The molecule has 2 nitrogen and oxygen atoms in total. The Labute approximate surface area is 97.0 Å². The number of fused-ring (bicyclic) bond motifs is 1. The van der Waals surface area contributed by atoms with Crippen LogP contribution < -0.4 is 10.1 Å². The van der Waals surface area contributed by atoms with Crippen molar-refractivity contribution in [1.82, 2.24) is 0 Å². The van der Waals surface area contributed by atoms with Crippen molar-refractivity contribution in [3.63, 3.8) is 0 Å². The summed E-state index contributed by atoms with van der Waals surface area (Å²) in [5.41, 5.74) is 2.70. The number of anilines is 1. The normalized spacial score (nSPS) is 24.2. The van der Waals surface area contributed by atoms with E-state index in [2.05, 4.69) is 30.4 Å². The van der Waals surface area contributed by atoms with Gasteiger partial charge in [0.25, 0.3) is 0 Å². The summed E-state index contributed by atoms with van der Waals surface area (Å²) in [6, 6.07) is 6.50. The minimum absolute atomic E-state index is 0.455. The molecule has 0 spiro atoms. The minimum atomic E-state index is 0.455. The van der Waals surface area contributed by atoms with E-state index in [1.54, 1.807) is 0 Å². The lowest BCUT2D eigenvalue weighted by molar-refractivity contribution is 0.210. The maximum atomic E-state index is 6.00. The third-order valence-electron chi connectivity index (χ3n) is 3.76. The van der Waals surface area contributed by atoms with Gasteiger partial charge < -0.3 is 10.1 Å². The van der Waals surface area contributed by atoms with Crippen LogP contribution >= 0.6 is 0 Å². The van der Waals surface area contributed by atoms with Crippen LogP contribution in [0.2, 0.25) is 0 Å². The SMILES string of the molecule is CC1CNc2cc(OC3CCCC3)ccc21. The van der Waals surface area contributed by atoms with Crippen LogP contribution in [0.4, 0.5) is 5.69 Å². The van der Waals surface area contributed by atoms with Crippen molar-refractivity contribution in [2.75, 3.05) is 11.9 Å². The van der Waals surface area contributed by atoms with Gasteiger partial charge >= 0.3 is 0 Å². The fourth-order valence-corrected chi connectivity index (χ4v) is 2.76. The van der Waals surface area contributed by atoms with E-state index in [4.69, 9.17) is 4.74 Å². The summed E-state index contributed by atoms with van der Waals surface area (Å²) >= 11 is 0. The Bertz CT molecular complexity index is 382. The zero-order valence-corrected chi connectivity index (χ0v) is 9.83. The average Bonchev–Trinajstić information content (AvgIpc) is 2.90. The Morgan fingerprint density at radius 3 is 2.88 bits per heavy atom. The van der Waals surface area contributed by atoms with Crippen LogP contribution in [0.3, 0.4) is 0 Å². The summed E-state index contributed by atoms with van der Waals surface area (Å²) in [5.74, 6) is 1.67. The van der Waals surface area contributed by atoms with Gasteiger partial charge in [-0.3, -0.25) is 0 Å². The molecule has 2 heteroatoms. The van der Waals surface area contributed by atoms with Gasteiger partial charge in [-0.2, -0.15) is 0 Å². The monoisotopic (exact) mass is 217 g/mol. The third-order valence-corrected chi connectivity index (χ3v) is 3.76. The molecule has 0 bridgehead atoms. The first-order valence-corrected chi connectivity index (χ1v) is 6.37. The van der Waals surface area contributed by atoms with Gasteiger partial charge in [0.1, 0.15) is 5.75 Å². The van der Waals surface area contributed by atoms with Crippen LogP contribution in [0.25, 0.3) is 0 Å². The molecule has 86 valence electrons. The molecule has 0 aromatic heterocycles. The zero-order valence-electron chi connectivity index (χ0n) is 9.83. The van der Waals surface area contributed by atoms with Crippen LogP contribution in [0, 0.1) is 0 Å². The Hall–Kier alpha value is -1.18. The molecule has 0 radical (unpaired) electrons. The van der Waals surface area contributed by atoms with Crippen LogP contribution in [0.1, 0.15) is 44.1 Å². The van der Waals surface area contributed by atoms with Gasteiger partial charge in [0.15, 0.2) is 0 Å². The van der Waals surface area contributed by atoms with E-state index >= 15 is 0 Å². The molecule has 1 saturated carbocycles.